The van der Waals surface area contributed by atoms with Gasteiger partial charge in [0.2, 0.25) is 0 Å². The maximum Gasteiger partial charge on any atom is 0.418 e. The Kier molecular flexibility index (Phi) is 4.21. The Morgan fingerprint density at radius 1 is 1.24 bits per heavy atom. The smallest absolute Gasteiger partial charge is 0.418 e. The Bertz CT molecular complexity index is 622. The molecule has 3 N–H and O–H groups in total. The highest BCUT2D eigenvalue weighted by Crippen LogP contribution is 2.34. The van der Waals surface area contributed by atoms with Crippen LogP contribution < -0.4 is 11.1 Å². The monoisotopic (exact) mass is 298 g/mol. The summed E-state index contributed by atoms with van der Waals surface area (Å²) < 4.78 is 43.2. The molecule has 7 heteroatoms. The lowest BCUT2D eigenvalue weighted by Crippen LogP contribution is -2.27. The second-order valence-corrected chi connectivity index (χ2v) is 4.35. The molecule has 1 aromatic carbocycles. The topological polar surface area (TPSA) is 68.3 Å². The minimum atomic E-state index is -4.59. The first-order chi connectivity index (χ1) is 9.89. The van der Waals surface area contributed by atoms with E-state index in [0.29, 0.717) is 12.2 Å². The first-order valence-corrected chi connectivity index (χ1v) is 6.16. The summed E-state index contributed by atoms with van der Waals surface area (Å²) in [5.74, 6) is 0.0254. The van der Waals surface area contributed by atoms with Crippen molar-refractivity contribution in [3.63, 3.8) is 0 Å². The third-order valence-corrected chi connectivity index (χ3v) is 2.89. The molecule has 0 aliphatic carbocycles. The van der Waals surface area contributed by atoms with Crippen molar-refractivity contribution in [3.05, 3.63) is 53.5 Å². The number of anilines is 1. The van der Waals surface area contributed by atoms with Crippen LogP contribution in [0.15, 0.2) is 41.0 Å². The van der Waals surface area contributed by atoms with Crippen LogP contribution in [0.1, 0.15) is 21.7 Å². The van der Waals surface area contributed by atoms with Gasteiger partial charge in [-0.2, -0.15) is 13.2 Å². The van der Waals surface area contributed by atoms with E-state index in [0.717, 1.165) is 12.1 Å². The average molecular weight is 298 g/mol. The molecule has 21 heavy (non-hydrogen) atoms. The zero-order valence-corrected chi connectivity index (χ0v) is 10.9. The van der Waals surface area contributed by atoms with E-state index in [1.807, 2.05) is 0 Å². The number of rotatable bonds is 4. The summed E-state index contributed by atoms with van der Waals surface area (Å²) in [6, 6.07) is 6.70. The zero-order chi connectivity index (χ0) is 15.5. The minimum Gasteiger partial charge on any atom is -0.469 e. The number of carbonyl (C=O) groups excluding carboxylic acids is 1. The molecule has 0 saturated heterocycles. The number of nitrogen functional groups attached to an aromatic ring is 1. The normalized spacial score (nSPS) is 11.4. The molecule has 1 heterocycles. The number of nitrogens with two attached hydrogens (primary N) is 1. The number of alkyl halides is 3. The molecule has 1 amide bonds. The van der Waals surface area contributed by atoms with Gasteiger partial charge in [0.1, 0.15) is 5.76 Å². The SMILES string of the molecule is Nc1c(C(=O)NCCc2ccco2)cccc1C(F)(F)F. The maximum atomic E-state index is 12.7. The molecule has 4 nitrogen and oxygen atoms in total. The number of benzene rings is 1. The van der Waals surface area contributed by atoms with Crippen LogP contribution in [0.5, 0.6) is 0 Å². The molecule has 0 aliphatic rings. The van der Waals surface area contributed by atoms with Crippen molar-refractivity contribution in [2.75, 3.05) is 12.3 Å². The van der Waals surface area contributed by atoms with Crippen LogP contribution >= 0.6 is 0 Å². The molecule has 0 atom stereocenters. The largest absolute Gasteiger partial charge is 0.469 e. The number of hydrogen-bond donors (Lipinski definition) is 2. The molecule has 112 valence electrons. The molecule has 0 fully saturated rings. The van der Waals surface area contributed by atoms with Crippen LogP contribution in [0.25, 0.3) is 0 Å². The standard InChI is InChI=1S/C14H13F3N2O2/c15-14(16,17)11-5-1-4-10(12(11)18)13(20)19-7-6-9-3-2-8-21-9/h1-5,8H,6-7,18H2,(H,19,20). The third-order valence-electron chi connectivity index (χ3n) is 2.89. The Balaban J connectivity index is 2.05. The number of para-hydroxylation sites is 1. The van der Waals surface area contributed by atoms with Gasteiger partial charge in [-0.3, -0.25) is 4.79 Å². The van der Waals surface area contributed by atoms with Crippen LogP contribution in [-0.2, 0) is 12.6 Å². The van der Waals surface area contributed by atoms with Crippen LogP contribution in [0.3, 0.4) is 0 Å². The summed E-state index contributed by atoms with van der Waals surface area (Å²) in [4.78, 5) is 11.9. The van der Waals surface area contributed by atoms with E-state index in [2.05, 4.69) is 5.32 Å². The van der Waals surface area contributed by atoms with E-state index in [4.69, 9.17) is 10.2 Å². The van der Waals surface area contributed by atoms with Crippen molar-refractivity contribution >= 4 is 11.6 Å². The van der Waals surface area contributed by atoms with Crippen LogP contribution in [0, 0.1) is 0 Å². The van der Waals surface area contributed by atoms with E-state index in [1.54, 1.807) is 12.1 Å². The molecular formula is C14H13F3N2O2. The predicted molar refractivity (Wildman–Crippen MR) is 70.6 cm³/mol. The number of amides is 1. The van der Waals surface area contributed by atoms with Gasteiger partial charge in [-0.15, -0.1) is 0 Å². The van der Waals surface area contributed by atoms with Crippen molar-refractivity contribution < 1.29 is 22.4 Å². The van der Waals surface area contributed by atoms with Gasteiger partial charge in [0, 0.05) is 13.0 Å². The van der Waals surface area contributed by atoms with Crippen LogP contribution in [0.4, 0.5) is 18.9 Å². The zero-order valence-electron chi connectivity index (χ0n) is 10.9. The first-order valence-electron chi connectivity index (χ1n) is 6.16. The van der Waals surface area contributed by atoms with Gasteiger partial charge in [0.05, 0.1) is 23.1 Å². The summed E-state index contributed by atoms with van der Waals surface area (Å²) in [6.45, 7) is 0.238. The van der Waals surface area contributed by atoms with Crippen molar-refractivity contribution in [2.45, 2.75) is 12.6 Å². The molecule has 2 aromatic rings. The highest BCUT2D eigenvalue weighted by atomic mass is 19.4. The third kappa shape index (κ3) is 3.56. The fourth-order valence-corrected chi connectivity index (χ4v) is 1.86. The Labute approximate surface area is 118 Å². The van der Waals surface area contributed by atoms with Crippen molar-refractivity contribution in [2.24, 2.45) is 0 Å². The first kappa shape index (κ1) is 15.0. The Hall–Kier alpha value is -2.44. The number of hydrogen-bond acceptors (Lipinski definition) is 3. The fraction of sp³-hybridized carbons (Fsp3) is 0.214. The van der Waals surface area contributed by atoms with Crippen molar-refractivity contribution in [1.82, 2.24) is 5.32 Å². The minimum absolute atomic E-state index is 0.190. The Morgan fingerprint density at radius 3 is 2.62 bits per heavy atom. The summed E-state index contributed by atoms with van der Waals surface area (Å²) in [5.41, 5.74) is 3.67. The van der Waals surface area contributed by atoms with Crippen molar-refractivity contribution in [1.29, 1.82) is 0 Å². The van der Waals surface area contributed by atoms with Gasteiger partial charge >= 0.3 is 6.18 Å². The Morgan fingerprint density at radius 2 is 2.00 bits per heavy atom. The van der Waals surface area contributed by atoms with Crippen molar-refractivity contribution in [3.8, 4) is 0 Å². The van der Waals surface area contributed by atoms with Crippen LogP contribution in [0.2, 0.25) is 0 Å². The number of carbonyl (C=O) groups is 1. The maximum absolute atomic E-state index is 12.7. The van der Waals surface area contributed by atoms with E-state index >= 15 is 0 Å². The quantitative estimate of drug-likeness (QED) is 0.853. The summed E-state index contributed by atoms with van der Waals surface area (Å²) in [6.07, 6.45) is -2.64. The molecule has 1 aromatic heterocycles. The van der Waals surface area contributed by atoms with Gasteiger partial charge in [-0.05, 0) is 24.3 Å². The summed E-state index contributed by atoms with van der Waals surface area (Å²) in [7, 11) is 0. The summed E-state index contributed by atoms with van der Waals surface area (Å²) >= 11 is 0. The highest BCUT2D eigenvalue weighted by molar-refractivity contribution is 5.99. The molecule has 0 bridgehead atoms. The second-order valence-electron chi connectivity index (χ2n) is 4.35. The van der Waals surface area contributed by atoms with E-state index in [-0.39, 0.29) is 12.1 Å². The molecule has 0 saturated carbocycles. The lowest BCUT2D eigenvalue weighted by Gasteiger charge is -2.13. The average Bonchev–Trinajstić information content (AvgIpc) is 2.90. The van der Waals surface area contributed by atoms with E-state index in [1.165, 1.54) is 12.3 Å². The van der Waals surface area contributed by atoms with Gasteiger partial charge in [0.25, 0.3) is 5.91 Å². The molecular weight excluding hydrogens is 285 g/mol. The number of nitrogens with one attached hydrogen (secondary N) is 1. The number of furan rings is 1. The van der Waals surface area contributed by atoms with E-state index < -0.39 is 23.3 Å². The molecule has 0 radical (unpaired) electrons. The molecule has 0 unspecified atom stereocenters. The van der Waals surface area contributed by atoms with E-state index in [9.17, 15) is 18.0 Å². The predicted octanol–water partition coefficient (Wildman–Crippen LogP) is 2.85. The fourth-order valence-electron chi connectivity index (χ4n) is 1.86. The van der Waals surface area contributed by atoms with Gasteiger partial charge in [-0.25, -0.2) is 0 Å². The number of halogens is 3. The molecule has 0 aliphatic heterocycles. The highest BCUT2D eigenvalue weighted by Gasteiger charge is 2.34. The molecule has 2 rings (SSSR count). The summed E-state index contributed by atoms with van der Waals surface area (Å²) in [5, 5.41) is 2.51. The van der Waals surface area contributed by atoms with Gasteiger partial charge < -0.3 is 15.5 Å². The lowest BCUT2D eigenvalue weighted by atomic mass is 10.1. The lowest BCUT2D eigenvalue weighted by molar-refractivity contribution is -0.136. The second kappa shape index (κ2) is 5.90. The van der Waals surface area contributed by atoms with Gasteiger partial charge in [0.15, 0.2) is 0 Å². The molecule has 0 spiro atoms. The van der Waals surface area contributed by atoms with Gasteiger partial charge in [-0.1, -0.05) is 6.07 Å². The van der Waals surface area contributed by atoms with Crippen LogP contribution in [-0.4, -0.2) is 12.5 Å².